The number of para-hydroxylation sites is 2. The van der Waals surface area contributed by atoms with Crippen molar-refractivity contribution in [2.75, 3.05) is 5.01 Å². The first-order chi connectivity index (χ1) is 10.8. The molecule has 0 spiro atoms. The minimum Gasteiger partial charge on any atom is -0.234 e. The van der Waals surface area contributed by atoms with Gasteiger partial charge in [-0.1, -0.05) is 66.2 Å². The lowest BCUT2D eigenvalue weighted by Crippen LogP contribution is -2.09. The Morgan fingerprint density at radius 3 is 1.73 bits per heavy atom. The highest BCUT2D eigenvalue weighted by atomic mass is 35.5. The van der Waals surface area contributed by atoms with E-state index in [0.29, 0.717) is 5.02 Å². The van der Waals surface area contributed by atoms with Crippen LogP contribution in [0, 0.1) is 0 Å². The molecular weight excluding hydrogens is 292 g/mol. The Morgan fingerprint density at radius 2 is 1.18 bits per heavy atom. The third-order valence-electron chi connectivity index (χ3n) is 3.22. The molecule has 0 bridgehead atoms. The van der Waals surface area contributed by atoms with Gasteiger partial charge in [-0.15, -0.1) is 0 Å². The summed E-state index contributed by atoms with van der Waals surface area (Å²) < 4.78 is 0. The second-order valence-corrected chi connectivity index (χ2v) is 5.16. The van der Waals surface area contributed by atoms with E-state index in [1.165, 1.54) is 0 Å². The summed E-state index contributed by atoms with van der Waals surface area (Å²) in [6, 6.07) is 27.7. The molecule has 3 aromatic rings. The number of hydrazone groups is 1. The Kier molecular flexibility index (Phi) is 4.52. The van der Waals surface area contributed by atoms with Crippen LogP contribution in [0.3, 0.4) is 0 Å². The van der Waals surface area contributed by atoms with Gasteiger partial charge in [-0.05, 0) is 30.3 Å². The zero-order valence-corrected chi connectivity index (χ0v) is 12.7. The van der Waals surface area contributed by atoms with Crippen molar-refractivity contribution in [1.82, 2.24) is 0 Å². The minimum atomic E-state index is 0.687. The first-order valence-electron chi connectivity index (χ1n) is 7.03. The average molecular weight is 307 g/mol. The largest absolute Gasteiger partial charge is 0.234 e. The number of halogens is 1. The summed E-state index contributed by atoms with van der Waals surface area (Å²) in [5, 5.41) is 7.20. The second kappa shape index (κ2) is 6.92. The lowest BCUT2D eigenvalue weighted by atomic mass is 10.2. The molecule has 0 amide bonds. The summed E-state index contributed by atoms with van der Waals surface area (Å²) in [6.07, 6.45) is 1.78. The maximum absolute atomic E-state index is 6.19. The molecule has 0 heterocycles. The summed E-state index contributed by atoms with van der Waals surface area (Å²) in [5.41, 5.74) is 2.88. The van der Waals surface area contributed by atoms with Crippen LogP contribution in [-0.4, -0.2) is 6.21 Å². The Labute approximate surface area is 135 Å². The van der Waals surface area contributed by atoms with Crippen molar-refractivity contribution in [3.8, 4) is 0 Å². The van der Waals surface area contributed by atoms with E-state index in [1.807, 2.05) is 89.9 Å². The van der Waals surface area contributed by atoms with Gasteiger partial charge in [0.15, 0.2) is 0 Å². The molecule has 0 fully saturated rings. The molecule has 0 aliphatic heterocycles. The first kappa shape index (κ1) is 14.4. The topological polar surface area (TPSA) is 15.6 Å². The van der Waals surface area contributed by atoms with Gasteiger partial charge in [-0.2, -0.15) is 5.10 Å². The van der Waals surface area contributed by atoms with Crippen LogP contribution >= 0.6 is 11.6 Å². The number of rotatable bonds is 4. The summed E-state index contributed by atoms with van der Waals surface area (Å²) >= 11 is 6.19. The van der Waals surface area contributed by atoms with Gasteiger partial charge in [0.1, 0.15) is 0 Å². The molecule has 0 aromatic heterocycles. The fourth-order valence-electron chi connectivity index (χ4n) is 2.12. The lowest BCUT2D eigenvalue weighted by molar-refractivity contribution is 1.09. The van der Waals surface area contributed by atoms with E-state index >= 15 is 0 Å². The van der Waals surface area contributed by atoms with Crippen LogP contribution in [0.15, 0.2) is 90.0 Å². The third-order valence-corrected chi connectivity index (χ3v) is 3.56. The zero-order valence-electron chi connectivity index (χ0n) is 11.9. The predicted octanol–water partition coefficient (Wildman–Crippen LogP) is 5.51. The fraction of sp³-hybridized carbons (Fsp3) is 0. The highest BCUT2D eigenvalue weighted by Gasteiger charge is 2.06. The highest BCUT2D eigenvalue weighted by molar-refractivity contribution is 6.33. The SMILES string of the molecule is Clc1ccccc1/C=N/N(c1ccccc1)c1ccccc1. The van der Waals surface area contributed by atoms with Gasteiger partial charge in [0.2, 0.25) is 0 Å². The molecule has 0 N–H and O–H groups in total. The monoisotopic (exact) mass is 306 g/mol. The van der Waals surface area contributed by atoms with Crippen molar-refractivity contribution >= 4 is 29.2 Å². The van der Waals surface area contributed by atoms with Crippen molar-refractivity contribution in [3.63, 3.8) is 0 Å². The number of benzene rings is 3. The van der Waals surface area contributed by atoms with Crippen LogP contribution in [-0.2, 0) is 0 Å². The Hall–Kier alpha value is -2.58. The first-order valence-corrected chi connectivity index (χ1v) is 7.41. The van der Waals surface area contributed by atoms with Crippen LogP contribution in [0.4, 0.5) is 11.4 Å². The van der Waals surface area contributed by atoms with Crippen LogP contribution < -0.4 is 5.01 Å². The Balaban J connectivity index is 1.98. The van der Waals surface area contributed by atoms with E-state index < -0.39 is 0 Å². The van der Waals surface area contributed by atoms with Crippen LogP contribution in [0.25, 0.3) is 0 Å². The van der Waals surface area contributed by atoms with E-state index in [1.54, 1.807) is 6.21 Å². The van der Waals surface area contributed by atoms with Gasteiger partial charge in [0.25, 0.3) is 0 Å². The smallest absolute Gasteiger partial charge is 0.0652 e. The molecule has 0 aliphatic rings. The number of nitrogens with zero attached hydrogens (tertiary/aromatic N) is 2. The molecule has 3 heteroatoms. The van der Waals surface area contributed by atoms with Crippen LogP contribution in [0.5, 0.6) is 0 Å². The molecule has 0 aliphatic carbocycles. The molecule has 2 nitrogen and oxygen atoms in total. The fourth-order valence-corrected chi connectivity index (χ4v) is 2.31. The van der Waals surface area contributed by atoms with Gasteiger partial charge < -0.3 is 0 Å². The Morgan fingerprint density at radius 1 is 0.682 bits per heavy atom. The van der Waals surface area contributed by atoms with Gasteiger partial charge >= 0.3 is 0 Å². The summed E-state index contributed by atoms with van der Waals surface area (Å²) in [6.45, 7) is 0. The van der Waals surface area contributed by atoms with E-state index in [-0.39, 0.29) is 0 Å². The van der Waals surface area contributed by atoms with Gasteiger partial charge in [-0.3, -0.25) is 0 Å². The molecule has 3 aromatic carbocycles. The number of hydrogen-bond acceptors (Lipinski definition) is 2. The summed E-state index contributed by atoms with van der Waals surface area (Å²) in [4.78, 5) is 0. The molecular formula is C19H15ClN2. The second-order valence-electron chi connectivity index (χ2n) is 4.75. The minimum absolute atomic E-state index is 0.687. The normalized spacial score (nSPS) is 10.8. The highest BCUT2D eigenvalue weighted by Crippen LogP contribution is 2.25. The quantitative estimate of drug-likeness (QED) is 0.458. The van der Waals surface area contributed by atoms with Crippen molar-refractivity contribution in [1.29, 1.82) is 0 Å². The molecule has 22 heavy (non-hydrogen) atoms. The Bertz CT molecular complexity index is 715. The molecule has 0 radical (unpaired) electrons. The summed E-state index contributed by atoms with van der Waals surface area (Å²) in [7, 11) is 0. The number of hydrogen-bond donors (Lipinski definition) is 0. The summed E-state index contributed by atoms with van der Waals surface area (Å²) in [5.74, 6) is 0. The van der Waals surface area contributed by atoms with Crippen molar-refractivity contribution < 1.29 is 0 Å². The lowest BCUT2D eigenvalue weighted by Gasteiger charge is -2.19. The molecule has 3 rings (SSSR count). The van der Waals surface area contributed by atoms with E-state index in [9.17, 15) is 0 Å². The van der Waals surface area contributed by atoms with E-state index in [2.05, 4.69) is 5.10 Å². The van der Waals surface area contributed by atoms with Gasteiger partial charge in [-0.25, -0.2) is 5.01 Å². The van der Waals surface area contributed by atoms with E-state index in [0.717, 1.165) is 16.9 Å². The molecule has 0 saturated carbocycles. The van der Waals surface area contributed by atoms with Gasteiger partial charge in [0.05, 0.1) is 17.6 Å². The number of anilines is 2. The van der Waals surface area contributed by atoms with Crippen molar-refractivity contribution in [2.24, 2.45) is 5.10 Å². The van der Waals surface area contributed by atoms with Crippen molar-refractivity contribution in [3.05, 3.63) is 95.5 Å². The van der Waals surface area contributed by atoms with Crippen LogP contribution in [0.1, 0.15) is 5.56 Å². The molecule has 0 saturated heterocycles. The van der Waals surface area contributed by atoms with Crippen LogP contribution in [0.2, 0.25) is 5.02 Å². The maximum atomic E-state index is 6.19. The third kappa shape index (κ3) is 3.35. The molecule has 108 valence electrons. The van der Waals surface area contributed by atoms with Crippen molar-refractivity contribution in [2.45, 2.75) is 0 Å². The predicted molar refractivity (Wildman–Crippen MR) is 94.1 cm³/mol. The average Bonchev–Trinajstić information content (AvgIpc) is 2.59. The van der Waals surface area contributed by atoms with Gasteiger partial charge in [0, 0.05) is 10.6 Å². The molecule has 0 unspecified atom stereocenters. The zero-order chi connectivity index (χ0) is 15.2. The van der Waals surface area contributed by atoms with E-state index in [4.69, 9.17) is 11.6 Å². The molecule has 0 atom stereocenters. The standard InChI is InChI=1S/C19H15ClN2/c20-19-14-8-7-9-16(19)15-21-22(17-10-3-1-4-11-17)18-12-5-2-6-13-18/h1-15H/b21-15+. The maximum Gasteiger partial charge on any atom is 0.0652 e.